The van der Waals surface area contributed by atoms with Crippen LogP contribution in [0.4, 0.5) is 0 Å². The molecule has 8 heteroatoms. The molecule has 3 heterocycles. The summed E-state index contributed by atoms with van der Waals surface area (Å²) >= 11 is 0. The summed E-state index contributed by atoms with van der Waals surface area (Å²) in [4.78, 5) is 15.7. The van der Waals surface area contributed by atoms with Crippen LogP contribution in [-0.4, -0.2) is 58.2 Å². The summed E-state index contributed by atoms with van der Waals surface area (Å²) in [5.41, 5.74) is 2.42. The Labute approximate surface area is 168 Å². The number of tetrazole rings is 1. The van der Waals surface area contributed by atoms with Crippen molar-refractivity contribution in [1.82, 2.24) is 30.8 Å². The second-order valence-corrected chi connectivity index (χ2v) is 7.54. The predicted octanol–water partition coefficient (Wildman–Crippen LogP) is 1.91. The lowest BCUT2D eigenvalue weighted by atomic mass is 9.89. The second-order valence-electron chi connectivity index (χ2n) is 7.54. The maximum absolute atomic E-state index is 13.7. The zero-order valence-electron chi connectivity index (χ0n) is 16.1. The van der Waals surface area contributed by atoms with E-state index in [-0.39, 0.29) is 11.9 Å². The van der Waals surface area contributed by atoms with E-state index in [1.807, 2.05) is 41.3 Å². The average molecular weight is 390 g/mol. The minimum atomic E-state index is 0.000572. The van der Waals surface area contributed by atoms with Crippen molar-refractivity contribution in [2.75, 3.05) is 26.7 Å². The molecule has 1 aromatic heterocycles. The molecule has 5 rings (SSSR count). The quantitative estimate of drug-likeness (QED) is 0.707. The number of H-pyrrole nitrogens is 1. The molecule has 8 nitrogen and oxygen atoms in total. The number of benzene rings is 2. The Morgan fingerprint density at radius 2 is 1.97 bits per heavy atom. The van der Waals surface area contributed by atoms with Gasteiger partial charge in [0.05, 0.1) is 18.7 Å². The van der Waals surface area contributed by atoms with Gasteiger partial charge in [0.1, 0.15) is 5.75 Å². The molecule has 0 saturated carbocycles. The van der Waals surface area contributed by atoms with Gasteiger partial charge in [0.2, 0.25) is 5.82 Å². The largest absolute Gasteiger partial charge is 0.497 e. The SMILES string of the molecule is COc1ccc([C@H]2[C@H]3CNC[C@H]3CN2C(=O)c2ccccc2-c2nn[nH]n2)cc1. The summed E-state index contributed by atoms with van der Waals surface area (Å²) in [6, 6.07) is 15.5. The van der Waals surface area contributed by atoms with Crippen LogP contribution >= 0.6 is 0 Å². The van der Waals surface area contributed by atoms with Crippen LogP contribution < -0.4 is 10.1 Å². The van der Waals surface area contributed by atoms with Crippen molar-refractivity contribution in [2.24, 2.45) is 11.8 Å². The highest BCUT2D eigenvalue weighted by Gasteiger charge is 2.47. The molecule has 2 aromatic carbocycles. The van der Waals surface area contributed by atoms with Crippen LogP contribution in [0.5, 0.6) is 5.75 Å². The van der Waals surface area contributed by atoms with Crippen molar-refractivity contribution in [3.63, 3.8) is 0 Å². The number of likely N-dealkylation sites (tertiary alicyclic amines) is 1. The molecular weight excluding hydrogens is 368 g/mol. The topological polar surface area (TPSA) is 96.0 Å². The summed E-state index contributed by atoms with van der Waals surface area (Å²) in [6.45, 7) is 2.58. The molecule has 3 atom stereocenters. The van der Waals surface area contributed by atoms with Gasteiger partial charge in [-0.3, -0.25) is 4.79 Å². The highest BCUT2D eigenvalue weighted by molar-refractivity contribution is 6.00. The minimum Gasteiger partial charge on any atom is -0.497 e. The molecule has 2 aliphatic heterocycles. The molecule has 2 aliphatic rings. The molecule has 0 unspecified atom stereocenters. The molecule has 3 aromatic rings. The maximum atomic E-state index is 13.7. The van der Waals surface area contributed by atoms with Gasteiger partial charge in [-0.05, 0) is 34.9 Å². The van der Waals surface area contributed by atoms with Crippen molar-refractivity contribution < 1.29 is 9.53 Å². The maximum Gasteiger partial charge on any atom is 0.255 e. The van der Waals surface area contributed by atoms with Gasteiger partial charge in [0, 0.05) is 31.1 Å². The fraction of sp³-hybridized carbons (Fsp3) is 0.333. The van der Waals surface area contributed by atoms with Crippen LogP contribution in [0.15, 0.2) is 48.5 Å². The number of carbonyl (C=O) groups is 1. The van der Waals surface area contributed by atoms with Crippen LogP contribution in [0.1, 0.15) is 22.0 Å². The number of carbonyl (C=O) groups excluding carboxylic acids is 1. The zero-order valence-corrected chi connectivity index (χ0v) is 16.1. The molecule has 0 aliphatic carbocycles. The van der Waals surface area contributed by atoms with Gasteiger partial charge in [0.15, 0.2) is 0 Å². The van der Waals surface area contributed by atoms with E-state index >= 15 is 0 Å². The molecule has 0 radical (unpaired) electrons. The third-order valence-corrected chi connectivity index (χ3v) is 6.03. The van der Waals surface area contributed by atoms with Crippen LogP contribution in [0.3, 0.4) is 0 Å². The number of fused-ring (bicyclic) bond motifs is 1. The van der Waals surface area contributed by atoms with Crippen LogP contribution in [-0.2, 0) is 0 Å². The fourth-order valence-electron chi connectivity index (χ4n) is 4.65. The van der Waals surface area contributed by atoms with Gasteiger partial charge in [-0.1, -0.05) is 30.3 Å². The summed E-state index contributed by atoms with van der Waals surface area (Å²) in [5.74, 6) is 2.08. The van der Waals surface area contributed by atoms with Crippen molar-refractivity contribution in [2.45, 2.75) is 6.04 Å². The highest BCUT2D eigenvalue weighted by Crippen LogP contribution is 2.44. The lowest BCUT2D eigenvalue weighted by Gasteiger charge is -2.29. The Morgan fingerprint density at radius 1 is 1.14 bits per heavy atom. The first kappa shape index (κ1) is 17.8. The fourth-order valence-corrected chi connectivity index (χ4v) is 4.65. The molecule has 2 N–H and O–H groups in total. The van der Waals surface area contributed by atoms with E-state index in [4.69, 9.17) is 4.74 Å². The average Bonchev–Trinajstić information content (AvgIpc) is 3.50. The third kappa shape index (κ3) is 3.05. The van der Waals surface area contributed by atoms with E-state index in [1.165, 1.54) is 0 Å². The molecule has 0 spiro atoms. The number of nitrogens with zero attached hydrogens (tertiary/aromatic N) is 4. The Bertz CT molecular complexity index is 1000. The predicted molar refractivity (Wildman–Crippen MR) is 106 cm³/mol. The van der Waals surface area contributed by atoms with Gasteiger partial charge in [-0.15, -0.1) is 10.2 Å². The number of aromatic amines is 1. The zero-order chi connectivity index (χ0) is 19.8. The lowest BCUT2D eigenvalue weighted by molar-refractivity contribution is 0.0715. The van der Waals surface area contributed by atoms with E-state index < -0.39 is 0 Å². The number of hydrogen-bond acceptors (Lipinski definition) is 6. The summed E-state index contributed by atoms with van der Waals surface area (Å²) in [6.07, 6.45) is 0. The number of hydrogen-bond donors (Lipinski definition) is 2. The molecule has 1 amide bonds. The summed E-state index contributed by atoms with van der Waals surface area (Å²) in [5, 5.41) is 17.7. The van der Waals surface area contributed by atoms with E-state index in [0.717, 1.165) is 30.9 Å². The van der Waals surface area contributed by atoms with Crippen LogP contribution in [0.25, 0.3) is 11.4 Å². The van der Waals surface area contributed by atoms with Crippen molar-refractivity contribution >= 4 is 5.91 Å². The minimum absolute atomic E-state index is 0.000572. The van der Waals surface area contributed by atoms with Crippen molar-refractivity contribution in [3.05, 3.63) is 59.7 Å². The Morgan fingerprint density at radius 3 is 2.72 bits per heavy atom. The molecule has 2 fully saturated rings. The molecular formula is C21H22N6O2. The number of methoxy groups -OCH3 is 1. The Kier molecular flexibility index (Phi) is 4.48. The van der Waals surface area contributed by atoms with Crippen molar-refractivity contribution in [3.8, 4) is 17.1 Å². The van der Waals surface area contributed by atoms with Crippen molar-refractivity contribution in [1.29, 1.82) is 0 Å². The smallest absolute Gasteiger partial charge is 0.255 e. The van der Waals surface area contributed by atoms with Gasteiger partial charge < -0.3 is 15.0 Å². The number of aromatic nitrogens is 4. The molecule has 0 bridgehead atoms. The van der Waals surface area contributed by atoms with E-state index in [1.54, 1.807) is 7.11 Å². The second kappa shape index (κ2) is 7.29. The first-order valence-electron chi connectivity index (χ1n) is 9.74. The van der Waals surface area contributed by atoms with Gasteiger partial charge in [0.25, 0.3) is 5.91 Å². The van der Waals surface area contributed by atoms with Gasteiger partial charge in [-0.2, -0.15) is 5.21 Å². The normalized spacial score (nSPS) is 23.2. The third-order valence-electron chi connectivity index (χ3n) is 6.03. The number of rotatable bonds is 4. The standard InChI is InChI=1S/C21H22N6O2/c1-29-15-8-6-13(7-9-15)19-18-11-22-10-14(18)12-27(19)21(28)17-5-3-2-4-16(17)20-23-25-26-24-20/h2-9,14,18-19,22H,10-12H2,1H3,(H,23,24,25,26)/t14-,18-,19-/m0/s1. The van der Waals surface area contributed by atoms with Gasteiger partial charge in [-0.25, -0.2) is 0 Å². The summed E-state index contributed by atoms with van der Waals surface area (Å²) < 4.78 is 5.30. The molecule has 148 valence electrons. The monoisotopic (exact) mass is 390 g/mol. The van der Waals surface area contributed by atoms with Gasteiger partial charge >= 0.3 is 0 Å². The Hall–Kier alpha value is -3.26. The van der Waals surface area contributed by atoms with Crippen LogP contribution in [0.2, 0.25) is 0 Å². The molecule has 29 heavy (non-hydrogen) atoms. The van der Waals surface area contributed by atoms with E-state index in [9.17, 15) is 4.79 Å². The Balaban J connectivity index is 1.53. The number of ether oxygens (including phenoxy) is 1. The first-order valence-corrected chi connectivity index (χ1v) is 9.74. The summed E-state index contributed by atoms with van der Waals surface area (Å²) in [7, 11) is 1.66. The molecule has 2 saturated heterocycles. The van der Waals surface area contributed by atoms with Crippen LogP contribution in [0, 0.1) is 11.8 Å². The highest BCUT2D eigenvalue weighted by atomic mass is 16.5. The number of amides is 1. The van der Waals surface area contributed by atoms with E-state index in [0.29, 0.717) is 28.8 Å². The first-order chi connectivity index (χ1) is 14.3. The number of nitrogens with one attached hydrogen (secondary N) is 2. The lowest BCUT2D eigenvalue weighted by Crippen LogP contribution is -2.35. The van der Waals surface area contributed by atoms with E-state index in [2.05, 4.69) is 38.1 Å².